The standard InChI is InChI=1S/C13H28N2O2S/c1-4-7-14-8-9-18(16,17)15-13-6-5-11(2)12(3)10-13/h11-15H,4-10H2,1-3H3. The predicted molar refractivity (Wildman–Crippen MR) is 76.1 cm³/mol. The first kappa shape index (κ1) is 15.9. The monoisotopic (exact) mass is 276 g/mol. The van der Waals surface area contributed by atoms with Gasteiger partial charge in [0.15, 0.2) is 0 Å². The van der Waals surface area contributed by atoms with Crippen LogP contribution in [0.1, 0.15) is 46.5 Å². The third kappa shape index (κ3) is 5.67. The molecule has 0 aromatic carbocycles. The first-order chi connectivity index (χ1) is 8.44. The van der Waals surface area contributed by atoms with E-state index in [9.17, 15) is 8.42 Å². The van der Waals surface area contributed by atoms with E-state index in [2.05, 4.69) is 30.8 Å². The Labute approximate surface area is 112 Å². The zero-order valence-electron chi connectivity index (χ0n) is 11.9. The smallest absolute Gasteiger partial charge is 0.213 e. The molecule has 0 spiro atoms. The lowest BCUT2D eigenvalue weighted by Gasteiger charge is -2.32. The Kier molecular flexibility index (Phi) is 6.60. The number of rotatable bonds is 7. The highest BCUT2D eigenvalue weighted by molar-refractivity contribution is 7.89. The van der Waals surface area contributed by atoms with Gasteiger partial charge in [-0.15, -0.1) is 0 Å². The van der Waals surface area contributed by atoms with Gasteiger partial charge in [0.2, 0.25) is 10.0 Å². The van der Waals surface area contributed by atoms with Gasteiger partial charge in [0.25, 0.3) is 0 Å². The molecule has 3 atom stereocenters. The summed E-state index contributed by atoms with van der Waals surface area (Å²) < 4.78 is 26.7. The highest BCUT2D eigenvalue weighted by atomic mass is 32.2. The largest absolute Gasteiger partial charge is 0.316 e. The first-order valence-corrected chi connectivity index (χ1v) is 8.80. The van der Waals surface area contributed by atoms with Gasteiger partial charge >= 0.3 is 0 Å². The molecule has 3 unspecified atom stereocenters. The highest BCUT2D eigenvalue weighted by Crippen LogP contribution is 2.29. The van der Waals surface area contributed by atoms with Crippen molar-refractivity contribution in [2.75, 3.05) is 18.8 Å². The Hall–Kier alpha value is -0.130. The van der Waals surface area contributed by atoms with Crippen molar-refractivity contribution >= 4 is 10.0 Å². The molecule has 1 aliphatic rings. The summed E-state index contributed by atoms with van der Waals surface area (Å²) in [4.78, 5) is 0. The molecular formula is C13H28N2O2S. The van der Waals surface area contributed by atoms with Crippen molar-refractivity contribution in [2.45, 2.75) is 52.5 Å². The van der Waals surface area contributed by atoms with Crippen LogP contribution in [0, 0.1) is 11.8 Å². The first-order valence-electron chi connectivity index (χ1n) is 7.15. The minimum Gasteiger partial charge on any atom is -0.316 e. The van der Waals surface area contributed by atoms with Crippen molar-refractivity contribution in [3.8, 4) is 0 Å². The molecule has 0 aliphatic heterocycles. The second kappa shape index (κ2) is 7.46. The number of hydrogen-bond acceptors (Lipinski definition) is 3. The summed E-state index contributed by atoms with van der Waals surface area (Å²) in [6.45, 7) is 7.97. The van der Waals surface area contributed by atoms with Crippen LogP contribution in [0.15, 0.2) is 0 Å². The molecule has 108 valence electrons. The summed E-state index contributed by atoms with van der Waals surface area (Å²) in [5, 5.41) is 3.13. The Morgan fingerprint density at radius 1 is 1.11 bits per heavy atom. The van der Waals surface area contributed by atoms with Crippen LogP contribution >= 0.6 is 0 Å². The van der Waals surface area contributed by atoms with Crippen LogP contribution in [0.2, 0.25) is 0 Å². The lowest BCUT2D eigenvalue weighted by Crippen LogP contribution is -2.42. The van der Waals surface area contributed by atoms with Crippen LogP contribution in [0.3, 0.4) is 0 Å². The van der Waals surface area contributed by atoms with Gasteiger partial charge in [0, 0.05) is 12.6 Å². The van der Waals surface area contributed by atoms with Crippen LogP contribution in [0.4, 0.5) is 0 Å². The molecule has 0 aromatic heterocycles. The van der Waals surface area contributed by atoms with Crippen LogP contribution in [0.25, 0.3) is 0 Å². The zero-order chi connectivity index (χ0) is 13.6. The molecule has 5 heteroatoms. The summed E-state index contributed by atoms with van der Waals surface area (Å²) in [7, 11) is -3.12. The van der Waals surface area contributed by atoms with E-state index in [0.717, 1.165) is 38.1 Å². The SMILES string of the molecule is CCCNCCS(=O)(=O)NC1CCC(C)C(C)C1. The van der Waals surface area contributed by atoms with E-state index >= 15 is 0 Å². The number of hydrogen-bond donors (Lipinski definition) is 2. The maximum absolute atomic E-state index is 11.9. The lowest BCUT2D eigenvalue weighted by atomic mass is 9.79. The molecule has 0 radical (unpaired) electrons. The third-order valence-corrected chi connectivity index (χ3v) is 5.35. The molecule has 4 nitrogen and oxygen atoms in total. The van der Waals surface area contributed by atoms with Crippen LogP contribution in [0.5, 0.6) is 0 Å². The van der Waals surface area contributed by atoms with Gasteiger partial charge in [-0.2, -0.15) is 0 Å². The van der Waals surface area contributed by atoms with Crippen molar-refractivity contribution in [3.63, 3.8) is 0 Å². The second-order valence-corrected chi connectivity index (χ2v) is 7.52. The fraction of sp³-hybridized carbons (Fsp3) is 1.00. The molecule has 18 heavy (non-hydrogen) atoms. The van der Waals surface area contributed by atoms with Crippen molar-refractivity contribution in [1.29, 1.82) is 0 Å². The summed E-state index contributed by atoms with van der Waals surface area (Å²) in [5.74, 6) is 1.52. The molecular weight excluding hydrogens is 248 g/mol. The second-order valence-electron chi connectivity index (χ2n) is 5.65. The van der Waals surface area contributed by atoms with E-state index in [1.54, 1.807) is 0 Å². The predicted octanol–water partition coefficient (Wildman–Crippen LogP) is 1.73. The van der Waals surface area contributed by atoms with E-state index in [4.69, 9.17) is 0 Å². The molecule has 0 amide bonds. The number of nitrogens with one attached hydrogen (secondary N) is 2. The van der Waals surface area contributed by atoms with Crippen LogP contribution < -0.4 is 10.0 Å². The normalized spacial score (nSPS) is 29.4. The minimum absolute atomic E-state index is 0.146. The summed E-state index contributed by atoms with van der Waals surface area (Å²) in [5.41, 5.74) is 0. The van der Waals surface area contributed by atoms with Gasteiger partial charge in [-0.25, -0.2) is 13.1 Å². The zero-order valence-corrected chi connectivity index (χ0v) is 12.7. The molecule has 1 saturated carbocycles. The average Bonchev–Trinajstić information content (AvgIpc) is 2.29. The van der Waals surface area contributed by atoms with E-state index in [-0.39, 0.29) is 11.8 Å². The summed E-state index contributed by atoms with van der Waals surface area (Å²) in [6, 6.07) is 0.146. The van der Waals surface area contributed by atoms with Crippen molar-refractivity contribution < 1.29 is 8.42 Å². The average molecular weight is 276 g/mol. The maximum atomic E-state index is 11.9. The van der Waals surface area contributed by atoms with E-state index in [0.29, 0.717) is 12.5 Å². The molecule has 2 N–H and O–H groups in total. The quantitative estimate of drug-likeness (QED) is 0.696. The molecule has 1 rings (SSSR count). The number of sulfonamides is 1. The maximum Gasteiger partial charge on any atom is 0.213 e. The Morgan fingerprint density at radius 3 is 2.44 bits per heavy atom. The molecule has 0 saturated heterocycles. The van der Waals surface area contributed by atoms with Gasteiger partial charge in [-0.3, -0.25) is 0 Å². The van der Waals surface area contributed by atoms with E-state index in [1.165, 1.54) is 0 Å². The topological polar surface area (TPSA) is 58.2 Å². The Morgan fingerprint density at radius 2 is 1.83 bits per heavy atom. The summed E-state index contributed by atoms with van der Waals surface area (Å²) >= 11 is 0. The van der Waals surface area contributed by atoms with E-state index < -0.39 is 10.0 Å². The molecule has 1 aliphatic carbocycles. The summed E-state index contributed by atoms with van der Waals surface area (Å²) in [6.07, 6.45) is 4.11. The Balaban J connectivity index is 2.32. The van der Waals surface area contributed by atoms with Crippen LogP contribution in [-0.4, -0.2) is 33.3 Å². The highest BCUT2D eigenvalue weighted by Gasteiger charge is 2.27. The Bertz CT molecular complexity index is 330. The van der Waals surface area contributed by atoms with Gasteiger partial charge in [-0.05, 0) is 44.1 Å². The minimum atomic E-state index is -3.12. The van der Waals surface area contributed by atoms with Gasteiger partial charge in [0.05, 0.1) is 5.75 Å². The van der Waals surface area contributed by atoms with Crippen LogP contribution in [-0.2, 0) is 10.0 Å². The fourth-order valence-corrected chi connectivity index (χ4v) is 3.73. The van der Waals surface area contributed by atoms with Crippen molar-refractivity contribution in [1.82, 2.24) is 10.0 Å². The molecule has 0 heterocycles. The van der Waals surface area contributed by atoms with Crippen molar-refractivity contribution in [2.24, 2.45) is 11.8 Å². The van der Waals surface area contributed by atoms with E-state index in [1.807, 2.05) is 0 Å². The molecule has 0 aromatic rings. The molecule has 1 fully saturated rings. The third-order valence-electron chi connectivity index (χ3n) is 3.92. The van der Waals surface area contributed by atoms with Gasteiger partial charge in [0.1, 0.15) is 0 Å². The van der Waals surface area contributed by atoms with Gasteiger partial charge in [-0.1, -0.05) is 20.8 Å². The molecule has 0 bridgehead atoms. The fourth-order valence-electron chi connectivity index (χ4n) is 2.48. The van der Waals surface area contributed by atoms with Gasteiger partial charge < -0.3 is 5.32 Å². The lowest BCUT2D eigenvalue weighted by molar-refractivity contribution is 0.242. The van der Waals surface area contributed by atoms with Crippen molar-refractivity contribution in [3.05, 3.63) is 0 Å².